The van der Waals surface area contributed by atoms with Crippen molar-refractivity contribution in [1.29, 1.82) is 0 Å². The minimum absolute atomic E-state index is 0.00915. The average Bonchev–Trinajstić information content (AvgIpc) is 2.30. The summed E-state index contributed by atoms with van der Waals surface area (Å²) in [6.45, 7) is 7.31. The van der Waals surface area contributed by atoms with Crippen LogP contribution in [0.5, 0.6) is 0 Å². The summed E-state index contributed by atoms with van der Waals surface area (Å²) in [5.74, 6) is -1.24. The molecule has 1 saturated carbocycles. The van der Waals surface area contributed by atoms with Crippen LogP contribution in [0.1, 0.15) is 53.4 Å². The first-order valence-electron chi connectivity index (χ1n) is 6.99. The molecule has 0 aromatic rings. The summed E-state index contributed by atoms with van der Waals surface area (Å²) in [5, 5.41) is 8.97. The molecular formula is C15H24O4. The van der Waals surface area contributed by atoms with Crippen LogP contribution in [0.3, 0.4) is 0 Å². The number of rotatable bonds is 5. The zero-order chi connectivity index (χ0) is 14.8. The molecule has 0 heterocycles. The maximum absolute atomic E-state index is 12.5. The molecule has 4 nitrogen and oxygen atoms in total. The summed E-state index contributed by atoms with van der Waals surface area (Å²) in [6, 6.07) is 0. The Morgan fingerprint density at radius 3 is 2.37 bits per heavy atom. The van der Waals surface area contributed by atoms with E-state index in [1.807, 2.05) is 20.8 Å². The van der Waals surface area contributed by atoms with Gasteiger partial charge >= 0.3 is 5.97 Å². The van der Waals surface area contributed by atoms with Gasteiger partial charge in [-0.2, -0.15) is 0 Å². The SMILES string of the molecule is CC(C)C(=O)[C@@]1([C@@H](C)CC(=O)O)CC[C@@H](C)C(=O)C1. The monoisotopic (exact) mass is 268 g/mol. The van der Waals surface area contributed by atoms with Crippen molar-refractivity contribution in [2.75, 3.05) is 0 Å². The third kappa shape index (κ3) is 3.23. The molecular weight excluding hydrogens is 244 g/mol. The van der Waals surface area contributed by atoms with E-state index in [2.05, 4.69) is 0 Å². The van der Waals surface area contributed by atoms with Gasteiger partial charge in [0.2, 0.25) is 0 Å². The lowest BCUT2D eigenvalue weighted by Crippen LogP contribution is -2.46. The highest BCUT2D eigenvalue weighted by molar-refractivity contribution is 5.94. The Hall–Kier alpha value is -1.19. The third-order valence-electron chi connectivity index (χ3n) is 4.50. The lowest BCUT2D eigenvalue weighted by Gasteiger charge is -2.42. The quantitative estimate of drug-likeness (QED) is 0.832. The zero-order valence-electron chi connectivity index (χ0n) is 12.2. The highest BCUT2D eigenvalue weighted by Crippen LogP contribution is 2.46. The lowest BCUT2D eigenvalue weighted by molar-refractivity contribution is -0.149. The Morgan fingerprint density at radius 2 is 1.95 bits per heavy atom. The molecule has 1 aliphatic carbocycles. The van der Waals surface area contributed by atoms with E-state index in [9.17, 15) is 14.4 Å². The molecule has 4 heteroatoms. The number of hydrogen-bond donors (Lipinski definition) is 1. The maximum Gasteiger partial charge on any atom is 0.303 e. The molecule has 0 aromatic carbocycles. The smallest absolute Gasteiger partial charge is 0.303 e. The zero-order valence-corrected chi connectivity index (χ0v) is 12.2. The van der Waals surface area contributed by atoms with Crippen LogP contribution in [-0.2, 0) is 14.4 Å². The summed E-state index contributed by atoms with van der Waals surface area (Å²) in [6.07, 6.45) is 1.46. The number of carbonyl (C=O) groups is 3. The molecule has 108 valence electrons. The molecule has 0 aliphatic heterocycles. The second-order valence-electron chi connectivity index (χ2n) is 6.26. The van der Waals surface area contributed by atoms with E-state index in [1.165, 1.54) is 0 Å². The molecule has 1 N–H and O–H groups in total. The lowest BCUT2D eigenvalue weighted by atomic mass is 9.59. The van der Waals surface area contributed by atoms with Crippen LogP contribution in [0.2, 0.25) is 0 Å². The van der Waals surface area contributed by atoms with Gasteiger partial charge in [-0.25, -0.2) is 0 Å². The first-order valence-corrected chi connectivity index (χ1v) is 6.99. The van der Waals surface area contributed by atoms with Gasteiger partial charge in [-0.15, -0.1) is 0 Å². The van der Waals surface area contributed by atoms with Gasteiger partial charge in [0.25, 0.3) is 0 Å². The van der Waals surface area contributed by atoms with Crippen molar-refractivity contribution in [3.8, 4) is 0 Å². The summed E-state index contributed by atoms with van der Waals surface area (Å²) >= 11 is 0. The van der Waals surface area contributed by atoms with Crippen LogP contribution in [0.4, 0.5) is 0 Å². The largest absolute Gasteiger partial charge is 0.481 e. The van der Waals surface area contributed by atoms with Gasteiger partial charge in [0.15, 0.2) is 0 Å². The Morgan fingerprint density at radius 1 is 1.37 bits per heavy atom. The van der Waals surface area contributed by atoms with Crippen LogP contribution >= 0.6 is 0 Å². The van der Waals surface area contributed by atoms with Gasteiger partial charge in [0.05, 0.1) is 0 Å². The van der Waals surface area contributed by atoms with Crippen molar-refractivity contribution in [3.63, 3.8) is 0 Å². The molecule has 0 radical (unpaired) electrons. The molecule has 0 unspecified atom stereocenters. The predicted molar refractivity (Wildman–Crippen MR) is 71.7 cm³/mol. The predicted octanol–water partition coefficient (Wildman–Crippen LogP) is 2.70. The minimum atomic E-state index is -0.908. The number of hydrogen-bond acceptors (Lipinski definition) is 3. The topological polar surface area (TPSA) is 71.4 Å². The van der Waals surface area contributed by atoms with E-state index in [0.717, 1.165) is 0 Å². The minimum Gasteiger partial charge on any atom is -0.481 e. The number of Topliss-reactive ketones (excluding diaryl/α,β-unsaturated/α-hetero) is 2. The summed E-state index contributed by atoms with van der Waals surface area (Å²) in [4.78, 5) is 35.5. The van der Waals surface area contributed by atoms with Crippen LogP contribution < -0.4 is 0 Å². The van der Waals surface area contributed by atoms with Crippen molar-refractivity contribution in [3.05, 3.63) is 0 Å². The van der Waals surface area contributed by atoms with Gasteiger partial charge in [0, 0.05) is 30.1 Å². The molecule has 3 atom stereocenters. The molecule has 19 heavy (non-hydrogen) atoms. The Kier molecular flexibility index (Phi) is 4.88. The summed E-state index contributed by atoms with van der Waals surface area (Å²) < 4.78 is 0. The second kappa shape index (κ2) is 5.85. The maximum atomic E-state index is 12.5. The molecule has 0 amide bonds. The summed E-state index contributed by atoms with van der Waals surface area (Å²) in [7, 11) is 0. The number of carbonyl (C=O) groups excluding carboxylic acids is 2. The van der Waals surface area contributed by atoms with E-state index in [4.69, 9.17) is 5.11 Å². The van der Waals surface area contributed by atoms with E-state index in [0.29, 0.717) is 12.8 Å². The molecule has 1 rings (SSSR count). The van der Waals surface area contributed by atoms with Crippen LogP contribution in [0.25, 0.3) is 0 Å². The van der Waals surface area contributed by atoms with E-state index in [-0.39, 0.29) is 42.2 Å². The Labute approximate surface area is 114 Å². The first kappa shape index (κ1) is 15.9. The average molecular weight is 268 g/mol. The van der Waals surface area contributed by atoms with Crippen molar-refractivity contribution in [2.45, 2.75) is 53.4 Å². The molecule has 0 spiro atoms. The normalized spacial score (nSPS) is 29.3. The Balaban J connectivity index is 3.07. The molecule has 1 fully saturated rings. The van der Waals surface area contributed by atoms with E-state index >= 15 is 0 Å². The van der Waals surface area contributed by atoms with Crippen molar-refractivity contribution in [2.24, 2.45) is 23.2 Å². The van der Waals surface area contributed by atoms with Crippen LogP contribution in [-0.4, -0.2) is 22.6 Å². The van der Waals surface area contributed by atoms with Gasteiger partial charge in [-0.3, -0.25) is 14.4 Å². The van der Waals surface area contributed by atoms with Gasteiger partial charge < -0.3 is 5.11 Å². The Bertz CT molecular complexity index is 386. The number of ketones is 2. The fraction of sp³-hybridized carbons (Fsp3) is 0.800. The highest BCUT2D eigenvalue weighted by Gasteiger charge is 2.48. The van der Waals surface area contributed by atoms with Crippen molar-refractivity contribution < 1.29 is 19.5 Å². The fourth-order valence-electron chi connectivity index (χ4n) is 3.11. The van der Waals surface area contributed by atoms with Crippen molar-refractivity contribution >= 4 is 17.5 Å². The number of carboxylic acid groups (broad SMARTS) is 1. The first-order chi connectivity index (χ1) is 8.70. The molecule has 0 bridgehead atoms. The van der Waals surface area contributed by atoms with Gasteiger partial charge in [-0.1, -0.05) is 27.7 Å². The molecule has 0 saturated heterocycles. The summed E-state index contributed by atoms with van der Waals surface area (Å²) in [5.41, 5.74) is -0.768. The standard InChI is InChI=1S/C15H24O4/c1-9(2)14(19)15(11(4)7-13(17)18)6-5-10(3)12(16)8-15/h9-11H,5-8H2,1-4H3,(H,17,18)/t10-,11+,15+/m1/s1. The van der Waals surface area contributed by atoms with E-state index in [1.54, 1.807) is 6.92 Å². The highest BCUT2D eigenvalue weighted by atomic mass is 16.4. The number of aliphatic carboxylic acids is 1. The second-order valence-corrected chi connectivity index (χ2v) is 6.26. The van der Waals surface area contributed by atoms with Gasteiger partial charge in [-0.05, 0) is 18.8 Å². The molecule has 0 aromatic heterocycles. The van der Waals surface area contributed by atoms with E-state index < -0.39 is 11.4 Å². The van der Waals surface area contributed by atoms with Crippen molar-refractivity contribution in [1.82, 2.24) is 0 Å². The van der Waals surface area contributed by atoms with Gasteiger partial charge in [0.1, 0.15) is 11.6 Å². The fourth-order valence-corrected chi connectivity index (χ4v) is 3.11. The third-order valence-corrected chi connectivity index (χ3v) is 4.50. The number of carboxylic acids is 1. The molecule has 1 aliphatic rings. The van der Waals surface area contributed by atoms with Crippen LogP contribution in [0, 0.1) is 23.2 Å². The van der Waals surface area contributed by atoms with Crippen LogP contribution in [0.15, 0.2) is 0 Å².